The molecule has 0 aromatic heterocycles. The Morgan fingerprint density at radius 3 is 2.30 bits per heavy atom. The number of carbonyl (C=O) groups is 3. The summed E-state index contributed by atoms with van der Waals surface area (Å²) in [6, 6.07) is 13.4. The molecule has 2 atom stereocenters. The molecule has 0 radical (unpaired) electrons. The van der Waals surface area contributed by atoms with Gasteiger partial charge in [0.2, 0.25) is 0 Å². The zero-order valence-electron chi connectivity index (χ0n) is 17.2. The second-order valence-electron chi connectivity index (χ2n) is 6.99. The maximum Gasteiger partial charge on any atom is 0.329 e. The third-order valence-corrected chi connectivity index (χ3v) is 4.99. The molecule has 0 bridgehead atoms. The van der Waals surface area contributed by atoms with Crippen molar-refractivity contribution in [2.75, 3.05) is 7.11 Å². The van der Waals surface area contributed by atoms with Crippen LogP contribution in [0.3, 0.4) is 0 Å². The number of benzene rings is 2. The molecule has 1 aliphatic heterocycles. The summed E-state index contributed by atoms with van der Waals surface area (Å²) >= 11 is 0. The fraction of sp³-hybridized carbons (Fsp3) is 0.261. The number of fused-ring (bicyclic) bond motifs is 1. The van der Waals surface area contributed by atoms with Crippen molar-refractivity contribution in [3.05, 3.63) is 71.8 Å². The minimum absolute atomic E-state index is 0.289. The highest BCUT2D eigenvalue weighted by Crippen LogP contribution is 2.33. The van der Waals surface area contributed by atoms with E-state index < -0.39 is 24.0 Å². The van der Waals surface area contributed by atoms with E-state index >= 15 is 0 Å². The summed E-state index contributed by atoms with van der Waals surface area (Å²) in [7, 11) is 1.58. The van der Waals surface area contributed by atoms with Gasteiger partial charge in [0.25, 0.3) is 11.8 Å². The maximum atomic E-state index is 12.6. The molecule has 2 unspecified atom stereocenters. The van der Waals surface area contributed by atoms with E-state index in [0.717, 1.165) is 11.3 Å². The molecule has 0 saturated heterocycles. The lowest BCUT2D eigenvalue weighted by Crippen LogP contribution is -2.43. The van der Waals surface area contributed by atoms with Crippen molar-refractivity contribution in [2.45, 2.75) is 32.5 Å². The van der Waals surface area contributed by atoms with Crippen LogP contribution >= 0.6 is 0 Å². The molecule has 0 fully saturated rings. The standard InChI is InChI=1S/C23H24N2O5/c1-14-19-7-5-6-8-20(19)22(27)25(14)15(2)23(28)30-16(3)21(26)24-13-17-9-11-18(29-4)12-10-17/h5-12,15-16H,1,13H2,2-4H3,(H,24,26). The highest BCUT2D eigenvalue weighted by molar-refractivity contribution is 6.10. The molecule has 0 aliphatic carbocycles. The molecule has 1 heterocycles. The van der Waals surface area contributed by atoms with Crippen molar-refractivity contribution in [1.82, 2.24) is 10.2 Å². The number of esters is 1. The van der Waals surface area contributed by atoms with Gasteiger partial charge in [-0.1, -0.05) is 36.9 Å². The van der Waals surface area contributed by atoms with Crippen molar-refractivity contribution in [3.63, 3.8) is 0 Å². The van der Waals surface area contributed by atoms with Gasteiger partial charge in [-0.15, -0.1) is 0 Å². The minimum Gasteiger partial charge on any atom is -0.497 e. The van der Waals surface area contributed by atoms with Crippen LogP contribution < -0.4 is 10.1 Å². The Morgan fingerprint density at radius 1 is 1.07 bits per heavy atom. The maximum absolute atomic E-state index is 12.6. The van der Waals surface area contributed by atoms with Gasteiger partial charge in [-0.3, -0.25) is 14.5 Å². The number of carbonyl (C=O) groups excluding carboxylic acids is 3. The predicted octanol–water partition coefficient (Wildman–Crippen LogP) is 2.76. The number of amides is 2. The van der Waals surface area contributed by atoms with Crippen molar-refractivity contribution in [1.29, 1.82) is 0 Å². The summed E-state index contributed by atoms with van der Waals surface area (Å²) in [6.45, 7) is 7.26. The molecule has 2 aromatic carbocycles. The Morgan fingerprint density at radius 2 is 1.70 bits per heavy atom. The van der Waals surface area contributed by atoms with Gasteiger partial charge in [0, 0.05) is 23.4 Å². The average molecular weight is 408 g/mol. The molecule has 7 nitrogen and oxygen atoms in total. The van der Waals surface area contributed by atoms with Crippen LogP contribution in [0.15, 0.2) is 55.1 Å². The topological polar surface area (TPSA) is 84.9 Å². The van der Waals surface area contributed by atoms with Crippen molar-refractivity contribution in [3.8, 4) is 5.75 Å². The molecular formula is C23H24N2O5. The number of hydrogen-bond acceptors (Lipinski definition) is 5. The third kappa shape index (κ3) is 4.20. The number of methoxy groups -OCH3 is 1. The van der Waals surface area contributed by atoms with Crippen LogP contribution in [0.5, 0.6) is 5.75 Å². The Hall–Kier alpha value is -3.61. The average Bonchev–Trinajstić information content (AvgIpc) is 3.02. The normalized spacial score (nSPS) is 14.7. The molecule has 30 heavy (non-hydrogen) atoms. The van der Waals surface area contributed by atoms with E-state index in [1.165, 1.54) is 11.8 Å². The monoisotopic (exact) mass is 408 g/mol. The first-order valence-electron chi connectivity index (χ1n) is 9.56. The first kappa shape index (κ1) is 21.1. The largest absolute Gasteiger partial charge is 0.497 e. The molecule has 3 rings (SSSR count). The number of rotatable bonds is 7. The van der Waals surface area contributed by atoms with Crippen LogP contribution in [0.25, 0.3) is 5.70 Å². The zero-order chi connectivity index (χ0) is 21.8. The molecule has 7 heteroatoms. The molecule has 0 spiro atoms. The molecular weight excluding hydrogens is 384 g/mol. The first-order chi connectivity index (χ1) is 14.3. The van der Waals surface area contributed by atoms with Crippen LogP contribution in [-0.2, 0) is 20.9 Å². The van der Waals surface area contributed by atoms with Crippen LogP contribution in [-0.4, -0.2) is 41.9 Å². The van der Waals surface area contributed by atoms with Gasteiger partial charge in [0.15, 0.2) is 6.10 Å². The van der Waals surface area contributed by atoms with E-state index in [0.29, 0.717) is 16.8 Å². The zero-order valence-corrected chi connectivity index (χ0v) is 17.2. The van der Waals surface area contributed by atoms with Gasteiger partial charge in [0.05, 0.1) is 7.11 Å². The Balaban J connectivity index is 1.56. The molecule has 2 aromatic rings. The lowest BCUT2D eigenvalue weighted by Gasteiger charge is -2.25. The van der Waals surface area contributed by atoms with Gasteiger partial charge in [-0.25, -0.2) is 4.79 Å². The van der Waals surface area contributed by atoms with E-state index in [2.05, 4.69) is 11.9 Å². The van der Waals surface area contributed by atoms with Gasteiger partial charge < -0.3 is 14.8 Å². The number of hydrogen-bond donors (Lipinski definition) is 1. The Bertz CT molecular complexity index is 948. The lowest BCUT2D eigenvalue weighted by atomic mass is 10.1. The van der Waals surface area contributed by atoms with Crippen LogP contribution in [0.2, 0.25) is 0 Å². The molecule has 2 amide bonds. The van der Waals surface area contributed by atoms with Crippen LogP contribution in [0.1, 0.15) is 35.3 Å². The summed E-state index contributed by atoms with van der Waals surface area (Å²) in [4.78, 5) is 38.8. The van der Waals surface area contributed by atoms with E-state index in [1.807, 2.05) is 12.1 Å². The van der Waals surface area contributed by atoms with E-state index in [4.69, 9.17) is 9.47 Å². The van der Waals surface area contributed by atoms with E-state index in [1.54, 1.807) is 50.4 Å². The van der Waals surface area contributed by atoms with E-state index in [-0.39, 0.29) is 12.5 Å². The summed E-state index contributed by atoms with van der Waals surface area (Å²) in [5.74, 6) is -0.691. The van der Waals surface area contributed by atoms with E-state index in [9.17, 15) is 14.4 Å². The fourth-order valence-electron chi connectivity index (χ4n) is 3.22. The second-order valence-corrected chi connectivity index (χ2v) is 6.99. The fourth-order valence-corrected chi connectivity index (χ4v) is 3.22. The highest BCUT2D eigenvalue weighted by atomic mass is 16.5. The Kier molecular flexibility index (Phi) is 6.20. The number of nitrogens with one attached hydrogen (secondary N) is 1. The first-order valence-corrected chi connectivity index (χ1v) is 9.56. The molecule has 1 aliphatic rings. The van der Waals surface area contributed by atoms with Gasteiger partial charge in [-0.05, 0) is 37.6 Å². The second kappa shape index (κ2) is 8.82. The van der Waals surface area contributed by atoms with Crippen molar-refractivity contribution >= 4 is 23.5 Å². The lowest BCUT2D eigenvalue weighted by molar-refractivity contribution is -0.157. The van der Waals surface area contributed by atoms with Crippen molar-refractivity contribution in [2.24, 2.45) is 0 Å². The minimum atomic E-state index is -1.01. The number of nitrogens with zero attached hydrogens (tertiary/aromatic N) is 1. The SMILES string of the molecule is C=C1c2ccccc2C(=O)N1C(C)C(=O)OC(C)C(=O)NCc1ccc(OC)cc1. The van der Waals surface area contributed by atoms with Crippen molar-refractivity contribution < 1.29 is 23.9 Å². The third-order valence-electron chi connectivity index (χ3n) is 4.99. The molecule has 1 N–H and O–H groups in total. The number of ether oxygens (including phenoxy) is 2. The smallest absolute Gasteiger partial charge is 0.329 e. The van der Waals surface area contributed by atoms with Crippen LogP contribution in [0.4, 0.5) is 0 Å². The Labute approximate surface area is 175 Å². The van der Waals surface area contributed by atoms with Gasteiger partial charge >= 0.3 is 5.97 Å². The van der Waals surface area contributed by atoms with Gasteiger partial charge in [-0.2, -0.15) is 0 Å². The summed E-state index contributed by atoms with van der Waals surface area (Å²) in [5.41, 5.74) is 2.50. The quantitative estimate of drug-likeness (QED) is 0.712. The summed E-state index contributed by atoms with van der Waals surface area (Å²) in [6.07, 6.45) is -1.01. The predicted molar refractivity (Wildman–Crippen MR) is 112 cm³/mol. The summed E-state index contributed by atoms with van der Waals surface area (Å²) < 4.78 is 10.4. The molecule has 156 valence electrons. The van der Waals surface area contributed by atoms with Crippen LogP contribution in [0, 0.1) is 0 Å². The highest BCUT2D eigenvalue weighted by Gasteiger charge is 2.38. The molecule has 0 saturated carbocycles. The van der Waals surface area contributed by atoms with Gasteiger partial charge in [0.1, 0.15) is 11.8 Å². The summed E-state index contributed by atoms with van der Waals surface area (Å²) in [5, 5.41) is 2.73.